The van der Waals surface area contributed by atoms with Crippen LogP contribution in [-0.4, -0.2) is 12.5 Å². The molecular weight excluding hydrogens is 158 g/mol. The van der Waals surface area contributed by atoms with Crippen molar-refractivity contribution in [3.63, 3.8) is 0 Å². The number of carbonyl (C=O) groups is 1. The molecule has 0 saturated heterocycles. The van der Waals surface area contributed by atoms with Gasteiger partial charge >= 0.3 is 0 Å². The van der Waals surface area contributed by atoms with Crippen molar-refractivity contribution in [1.29, 1.82) is 0 Å². The second-order valence-corrected chi connectivity index (χ2v) is 3.31. The van der Waals surface area contributed by atoms with Gasteiger partial charge in [0.2, 0.25) is 5.91 Å². The summed E-state index contributed by atoms with van der Waals surface area (Å²) >= 11 is 1.66. The largest absolute Gasteiger partial charge is 0.348 e. The van der Waals surface area contributed by atoms with Gasteiger partial charge in [-0.25, -0.2) is 0 Å². The van der Waals surface area contributed by atoms with Crippen LogP contribution in [0, 0.1) is 0 Å². The summed E-state index contributed by atoms with van der Waals surface area (Å²) < 4.78 is 0. The van der Waals surface area contributed by atoms with Crippen LogP contribution >= 0.6 is 11.3 Å². The summed E-state index contributed by atoms with van der Waals surface area (Å²) in [5.41, 5.74) is 1.10. The van der Waals surface area contributed by atoms with E-state index in [4.69, 9.17) is 0 Å². The number of hydrogen-bond acceptors (Lipinski definition) is 2. The van der Waals surface area contributed by atoms with Crippen LogP contribution in [0.2, 0.25) is 0 Å². The van der Waals surface area contributed by atoms with Gasteiger partial charge in [-0.05, 0) is 17.0 Å². The van der Waals surface area contributed by atoms with Gasteiger partial charge in [0.05, 0.1) is 0 Å². The van der Waals surface area contributed by atoms with Gasteiger partial charge in [-0.15, -0.1) is 11.3 Å². The first-order valence-corrected chi connectivity index (χ1v) is 4.26. The van der Waals surface area contributed by atoms with Crippen LogP contribution in [0.5, 0.6) is 0 Å². The van der Waals surface area contributed by atoms with Crippen molar-refractivity contribution in [3.8, 4) is 0 Å². The fourth-order valence-electron chi connectivity index (χ4n) is 1.06. The third-order valence-corrected chi connectivity index (χ3v) is 2.54. The van der Waals surface area contributed by atoms with Gasteiger partial charge in [0, 0.05) is 17.5 Å². The zero-order valence-corrected chi connectivity index (χ0v) is 6.65. The van der Waals surface area contributed by atoms with E-state index >= 15 is 0 Å². The summed E-state index contributed by atoms with van der Waals surface area (Å²) in [6, 6.07) is 4.01. The number of amides is 1. The first kappa shape index (κ1) is 6.61. The highest BCUT2D eigenvalue weighted by Gasteiger charge is 2.12. The average Bonchev–Trinajstić information content (AvgIpc) is 2.55. The molecule has 0 saturated carbocycles. The van der Waals surface area contributed by atoms with Crippen molar-refractivity contribution in [2.45, 2.75) is 0 Å². The Labute approximate surface area is 68.5 Å². The zero-order valence-electron chi connectivity index (χ0n) is 5.83. The smallest absolute Gasteiger partial charge is 0.244 e. The molecule has 56 valence electrons. The Balaban J connectivity index is 2.31. The molecule has 1 amide bonds. The summed E-state index contributed by atoms with van der Waals surface area (Å²) in [6.07, 6.45) is 1.66. The molecular formula is C8H7NOS. The quantitative estimate of drug-likeness (QED) is 0.667. The predicted octanol–water partition coefficient (Wildman–Crippen LogP) is 1.26. The lowest BCUT2D eigenvalue weighted by Gasteiger charge is -1.93. The van der Waals surface area contributed by atoms with Crippen LogP contribution in [0.3, 0.4) is 0 Å². The fourth-order valence-corrected chi connectivity index (χ4v) is 1.81. The molecule has 1 aliphatic rings. The predicted molar refractivity (Wildman–Crippen MR) is 45.3 cm³/mol. The molecule has 0 spiro atoms. The number of carbonyl (C=O) groups excluding carboxylic acids is 1. The SMILES string of the molecule is O=C1C=C(c2cccs2)CN1. The highest BCUT2D eigenvalue weighted by Crippen LogP contribution is 2.21. The van der Waals surface area contributed by atoms with Crippen LogP contribution in [-0.2, 0) is 4.79 Å². The van der Waals surface area contributed by atoms with E-state index in [1.165, 1.54) is 4.88 Å². The molecule has 0 atom stereocenters. The Bertz CT molecular complexity index is 300. The molecule has 1 aromatic heterocycles. The third kappa shape index (κ3) is 1.19. The maximum absolute atomic E-state index is 10.8. The van der Waals surface area contributed by atoms with E-state index in [-0.39, 0.29) is 5.91 Å². The van der Waals surface area contributed by atoms with Crippen molar-refractivity contribution in [2.24, 2.45) is 0 Å². The molecule has 0 aromatic carbocycles. The minimum atomic E-state index is 0.0217. The lowest BCUT2D eigenvalue weighted by atomic mass is 10.2. The Morgan fingerprint density at radius 3 is 3.00 bits per heavy atom. The van der Waals surface area contributed by atoms with Gasteiger partial charge < -0.3 is 5.32 Å². The van der Waals surface area contributed by atoms with Gasteiger partial charge in [0.15, 0.2) is 0 Å². The molecule has 1 N–H and O–H groups in total. The van der Waals surface area contributed by atoms with Crippen LogP contribution in [0.4, 0.5) is 0 Å². The fraction of sp³-hybridized carbons (Fsp3) is 0.125. The van der Waals surface area contributed by atoms with E-state index in [0.717, 1.165) is 5.57 Å². The summed E-state index contributed by atoms with van der Waals surface area (Å²) in [5.74, 6) is 0.0217. The van der Waals surface area contributed by atoms with E-state index in [1.807, 2.05) is 17.5 Å². The molecule has 0 radical (unpaired) electrons. The summed E-state index contributed by atoms with van der Waals surface area (Å²) in [5, 5.41) is 4.75. The van der Waals surface area contributed by atoms with Gasteiger partial charge in [0.1, 0.15) is 0 Å². The molecule has 2 heterocycles. The number of nitrogens with one attached hydrogen (secondary N) is 1. The maximum Gasteiger partial charge on any atom is 0.244 e. The van der Waals surface area contributed by atoms with Crippen LogP contribution < -0.4 is 5.32 Å². The van der Waals surface area contributed by atoms with E-state index < -0.39 is 0 Å². The molecule has 1 aliphatic heterocycles. The van der Waals surface area contributed by atoms with Gasteiger partial charge in [-0.1, -0.05) is 6.07 Å². The van der Waals surface area contributed by atoms with Gasteiger partial charge in [-0.2, -0.15) is 0 Å². The molecule has 2 rings (SSSR count). The lowest BCUT2D eigenvalue weighted by Crippen LogP contribution is -2.14. The second kappa shape index (κ2) is 2.51. The minimum absolute atomic E-state index is 0.0217. The minimum Gasteiger partial charge on any atom is -0.348 e. The van der Waals surface area contributed by atoms with Crippen LogP contribution in [0.15, 0.2) is 23.6 Å². The molecule has 1 aromatic rings. The Hall–Kier alpha value is -1.09. The summed E-state index contributed by atoms with van der Waals surface area (Å²) in [7, 11) is 0. The molecule has 2 nitrogen and oxygen atoms in total. The molecule has 0 aliphatic carbocycles. The van der Waals surface area contributed by atoms with E-state index in [2.05, 4.69) is 5.32 Å². The van der Waals surface area contributed by atoms with E-state index in [1.54, 1.807) is 17.4 Å². The standard InChI is InChI=1S/C8H7NOS/c10-8-4-6(5-9-8)7-2-1-3-11-7/h1-4H,5H2,(H,9,10). The third-order valence-electron chi connectivity index (χ3n) is 1.60. The Kier molecular flexibility index (Phi) is 1.51. The van der Waals surface area contributed by atoms with Crippen molar-refractivity contribution in [2.75, 3.05) is 6.54 Å². The molecule has 0 bridgehead atoms. The molecule has 0 unspecified atom stereocenters. The zero-order chi connectivity index (χ0) is 7.68. The summed E-state index contributed by atoms with van der Waals surface area (Å²) in [4.78, 5) is 11.9. The van der Waals surface area contributed by atoms with E-state index in [9.17, 15) is 4.79 Å². The maximum atomic E-state index is 10.8. The normalized spacial score (nSPS) is 16.4. The first-order valence-electron chi connectivity index (χ1n) is 3.38. The first-order chi connectivity index (χ1) is 5.36. The van der Waals surface area contributed by atoms with Crippen molar-refractivity contribution < 1.29 is 4.79 Å². The highest BCUT2D eigenvalue weighted by atomic mass is 32.1. The molecule has 11 heavy (non-hydrogen) atoms. The van der Waals surface area contributed by atoms with Gasteiger partial charge in [-0.3, -0.25) is 4.79 Å². The van der Waals surface area contributed by atoms with Gasteiger partial charge in [0.25, 0.3) is 0 Å². The second-order valence-electron chi connectivity index (χ2n) is 2.36. The monoisotopic (exact) mass is 165 g/mol. The Morgan fingerprint density at radius 2 is 2.45 bits per heavy atom. The topological polar surface area (TPSA) is 29.1 Å². The highest BCUT2D eigenvalue weighted by molar-refractivity contribution is 7.11. The lowest BCUT2D eigenvalue weighted by molar-refractivity contribution is -0.115. The molecule has 3 heteroatoms. The number of thiophene rings is 1. The number of rotatable bonds is 1. The van der Waals surface area contributed by atoms with Crippen molar-refractivity contribution in [1.82, 2.24) is 5.32 Å². The van der Waals surface area contributed by atoms with E-state index in [0.29, 0.717) is 6.54 Å². The van der Waals surface area contributed by atoms with Crippen molar-refractivity contribution >= 4 is 22.8 Å². The molecule has 0 fully saturated rings. The van der Waals surface area contributed by atoms with Crippen molar-refractivity contribution in [3.05, 3.63) is 28.5 Å². The Morgan fingerprint density at radius 1 is 1.55 bits per heavy atom. The average molecular weight is 165 g/mol. The summed E-state index contributed by atoms with van der Waals surface area (Å²) in [6.45, 7) is 0.680. The van der Waals surface area contributed by atoms with Crippen LogP contribution in [0.25, 0.3) is 5.57 Å². The number of hydrogen-bond donors (Lipinski definition) is 1. The van der Waals surface area contributed by atoms with Crippen LogP contribution in [0.1, 0.15) is 4.88 Å².